The fourth-order valence-corrected chi connectivity index (χ4v) is 2.27. The van der Waals surface area contributed by atoms with Crippen molar-refractivity contribution in [2.45, 2.75) is 38.6 Å². The lowest BCUT2D eigenvalue weighted by Gasteiger charge is -2.15. The van der Waals surface area contributed by atoms with Crippen molar-refractivity contribution < 1.29 is 8.78 Å². The molecule has 0 radical (unpaired) electrons. The number of benzene rings is 1. The molecule has 1 nitrogen and oxygen atoms in total. The molecule has 3 heteroatoms. The first-order valence-electron chi connectivity index (χ1n) is 5.34. The standard InChI is InChI=1S/C12H15F2N/c1-7-6-9(13)8-4-2-3-5-10(15)11(8)12(7)14/h6,10H,2-5,15H2,1H3. The summed E-state index contributed by atoms with van der Waals surface area (Å²) in [6.07, 6.45) is 3.17. The van der Waals surface area contributed by atoms with E-state index in [-0.39, 0.29) is 17.7 Å². The number of hydrogen-bond acceptors (Lipinski definition) is 1. The zero-order valence-corrected chi connectivity index (χ0v) is 8.82. The van der Waals surface area contributed by atoms with Crippen LogP contribution in [0.2, 0.25) is 0 Å². The summed E-state index contributed by atoms with van der Waals surface area (Å²) in [4.78, 5) is 0. The largest absolute Gasteiger partial charge is 0.324 e. The number of aryl methyl sites for hydroxylation is 1. The SMILES string of the molecule is Cc1cc(F)c2c(c1F)C(N)CCCC2. The van der Waals surface area contributed by atoms with E-state index in [1.54, 1.807) is 6.92 Å². The van der Waals surface area contributed by atoms with E-state index in [1.165, 1.54) is 6.07 Å². The van der Waals surface area contributed by atoms with E-state index in [2.05, 4.69) is 0 Å². The van der Waals surface area contributed by atoms with Crippen LogP contribution < -0.4 is 5.73 Å². The summed E-state index contributed by atoms with van der Waals surface area (Å²) in [6.45, 7) is 1.58. The molecule has 15 heavy (non-hydrogen) atoms. The van der Waals surface area contributed by atoms with Crippen LogP contribution in [0.1, 0.15) is 42.0 Å². The number of rotatable bonds is 0. The van der Waals surface area contributed by atoms with Gasteiger partial charge < -0.3 is 5.73 Å². The number of nitrogens with two attached hydrogens (primary N) is 1. The molecule has 1 atom stereocenters. The van der Waals surface area contributed by atoms with Crippen LogP contribution in [0.5, 0.6) is 0 Å². The molecule has 0 fully saturated rings. The Morgan fingerprint density at radius 2 is 2.07 bits per heavy atom. The first-order valence-corrected chi connectivity index (χ1v) is 5.34. The lowest BCUT2D eigenvalue weighted by atomic mass is 9.96. The van der Waals surface area contributed by atoms with E-state index in [4.69, 9.17) is 5.73 Å². The molecule has 0 spiro atoms. The van der Waals surface area contributed by atoms with Crippen LogP contribution in [0.4, 0.5) is 8.78 Å². The van der Waals surface area contributed by atoms with E-state index in [0.717, 1.165) is 19.3 Å². The quantitative estimate of drug-likeness (QED) is 0.656. The Morgan fingerprint density at radius 1 is 1.33 bits per heavy atom. The summed E-state index contributed by atoms with van der Waals surface area (Å²) in [5, 5.41) is 0. The average molecular weight is 211 g/mol. The molecule has 0 aromatic heterocycles. The lowest BCUT2D eigenvalue weighted by Crippen LogP contribution is -2.14. The van der Waals surface area contributed by atoms with Gasteiger partial charge in [0.15, 0.2) is 0 Å². The van der Waals surface area contributed by atoms with Crippen molar-refractivity contribution in [3.05, 3.63) is 34.4 Å². The maximum Gasteiger partial charge on any atom is 0.131 e. The summed E-state index contributed by atoms with van der Waals surface area (Å²) in [5.74, 6) is -0.623. The third-order valence-electron chi connectivity index (χ3n) is 3.10. The summed E-state index contributed by atoms with van der Waals surface area (Å²) in [5.41, 5.74) is 7.13. The second-order valence-electron chi connectivity index (χ2n) is 4.23. The molecule has 1 aliphatic rings. The van der Waals surface area contributed by atoms with Gasteiger partial charge in [-0.25, -0.2) is 8.78 Å². The molecule has 2 rings (SSSR count). The number of halogens is 2. The van der Waals surface area contributed by atoms with Crippen LogP contribution in [0.25, 0.3) is 0 Å². The molecular weight excluding hydrogens is 196 g/mol. The number of fused-ring (bicyclic) bond motifs is 1. The summed E-state index contributed by atoms with van der Waals surface area (Å²) < 4.78 is 27.5. The van der Waals surface area contributed by atoms with Crippen molar-refractivity contribution in [1.29, 1.82) is 0 Å². The van der Waals surface area contributed by atoms with E-state index >= 15 is 0 Å². The monoisotopic (exact) mass is 211 g/mol. The van der Waals surface area contributed by atoms with Gasteiger partial charge in [-0.15, -0.1) is 0 Å². The smallest absolute Gasteiger partial charge is 0.131 e. The van der Waals surface area contributed by atoms with Crippen LogP contribution in [-0.2, 0) is 6.42 Å². The maximum absolute atomic E-state index is 13.8. The molecule has 0 heterocycles. The van der Waals surface area contributed by atoms with E-state index in [1.807, 2.05) is 0 Å². The first kappa shape index (κ1) is 10.6. The molecule has 82 valence electrons. The average Bonchev–Trinajstić information content (AvgIpc) is 2.37. The minimum atomic E-state index is -0.350. The molecule has 2 N–H and O–H groups in total. The minimum absolute atomic E-state index is 0.304. The lowest BCUT2D eigenvalue weighted by molar-refractivity contribution is 0.541. The van der Waals surface area contributed by atoms with Crippen molar-refractivity contribution in [2.75, 3.05) is 0 Å². The highest BCUT2D eigenvalue weighted by molar-refractivity contribution is 5.37. The van der Waals surface area contributed by atoms with Gasteiger partial charge in [0.05, 0.1) is 0 Å². The fraction of sp³-hybridized carbons (Fsp3) is 0.500. The minimum Gasteiger partial charge on any atom is -0.324 e. The third kappa shape index (κ3) is 1.76. The number of hydrogen-bond donors (Lipinski definition) is 1. The zero-order chi connectivity index (χ0) is 11.0. The predicted octanol–water partition coefficient (Wildman–Crippen LogP) is 3.00. The van der Waals surface area contributed by atoms with Gasteiger partial charge in [-0.05, 0) is 43.4 Å². The third-order valence-corrected chi connectivity index (χ3v) is 3.10. The molecule has 0 aliphatic heterocycles. The summed E-state index contributed by atoms with van der Waals surface area (Å²) >= 11 is 0. The first-order chi connectivity index (χ1) is 7.11. The van der Waals surface area contributed by atoms with Gasteiger partial charge in [0.2, 0.25) is 0 Å². The van der Waals surface area contributed by atoms with Gasteiger partial charge in [-0.1, -0.05) is 6.42 Å². The maximum atomic E-state index is 13.8. The van der Waals surface area contributed by atoms with Gasteiger partial charge in [-0.2, -0.15) is 0 Å². The topological polar surface area (TPSA) is 26.0 Å². The zero-order valence-electron chi connectivity index (χ0n) is 8.82. The molecule has 1 aromatic rings. The van der Waals surface area contributed by atoms with Gasteiger partial charge in [-0.3, -0.25) is 0 Å². The molecule has 1 aliphatic carbocycles. The molecule has 0 bridgehead atoms. The fourth-order valence-electron chi connectivity index (χ4n) is 2.27. The highest BCUT2D eigenvalue weighted by Crippen LogP contribution is 2.32. The van der Waals surface area contributed by atoms with Crippen LogP contribution in [0, 0.1) is 18.6 Å². The normalized spacial score (nSPS) is 20.9. The summed E-state index contributed by atoms with van der Waals surface area (Å²) in [6, 6.07) is 0.920. The molecule has 1 unspecified atom stereocenters. The van der Waals surface area contributed by atoms with Crippen molar-refractivity contribution in [1.82, 2.24) is 0 Å². The highest BCUT2D eigenvalue weighted by atomic mass is 19.1. The van der Waals surface area contributed by atoms with Gasteiger partial charge in [0.1, 0.15) is 11.6 Å². The van der Waals surface area contributed by atoms with Crippen molar-refractivity contribution in [2.24, 2.45) is 5.73 Å². The van der Waals surface area contributed by atoms with Gasteiger partial charge in [0, 0.05) is 11.6 Å². The Labute approximate surface area is 88.3 Å². The molecule has 0 amide bonds. The molecular formula is C12H15F2N. The molecule has 0 saturated carbocycles. The van der Waals surface area contributed by atoms with E-state index in [0.29, 0.717) is 23.1 Å². The Balaban J connectivity index is 2.63. The van der Waals surface area contributed by atoms with Crippen LogP contribution in [0.15, 0.2) is 6.07 Å². The van der Waals surface area contributed by atoms with Crippen molar-refractivity contribution in [3.8, 4) is 0 Å². The van der Waals surface area contributed by atoms with Crippen LogP contribution in [0.3, 0.4) is 0 Å². The van der Waals surface area contributed by atoms with E-state index < -0.39 is 0 Å². The van der Waals surface area contributed by atoms with Crippen LogP contribution >= 0.6 is 0 Å². The Hall–Kier alpha value is -0.960. The van der Waals surface area contributed by atoms with Gasteiger partial charge >= 0.3 is 0 Å². The predicted molar refractivity (Wildman–Crippen MR) is 55.6 cm³/mol. The van der Waals surface area contributed by atoms with Crippen molar-refractivity contribution >= 4 is 0 Å². The Kier molecular flexibility index (Phi) is 2.74. The highest BCUT2D eigenvalue weighted by Gasteiger charge is 2.23. The summed E-state index contributed by atoms with van der Waals surface area (Å²) in [7, 11) is 0. The van der Waals surface area contributed by atoms with E-state index in [9.17, 15) is 8.78 Å². The Bertz CT molecular complexity index is 388. The van der Waals surface area contributed by atoms with Gasteiger partial charge in [0.25, 0.3) is 0 Å². The second-order valence-corrected chi connectivity index (χ2v) is 4.23. The van der Waals surface area contributed by atoms with Crippen molar-refractivity contribution in [3.63, 3.8) is 0 Å². The second kappa shape index (κ2) is 3.89. The Morgan fingerprint density at radius 3 is 2.80 bits per heavy atom. The van der Waals surface area contributed by atoms with Crippen LogP contribution in [-0.4, -0.2) is 0 Å². The molecule has 0 saturated heterocycles. The molecule has 1 aromatic carbocycles.